The Kier molecular flexibility index (Phi) is 5.63. The van der Waals surface area contributed by atoms with E-state index in [4.69, 9.17) is 10.2 Å². The van der Waals surface area contributed by atoms with E-state index in [2.05, 4.69) is 27.9 Å². The number of pyridine rings is 1. The maximum atomic E-state index is 5.81. The molecule has 0 amide bonds. The van der Waals surface area contributed by atoms with Crippen molar-refractivity contribution in [1.82, 2.24) is 15.0 Å². The summed E-state index contributed by atoms with van der Waals surface area (Å²) in [7, 11) is 0. The van der Waals surface area contributed by atoms with Gasteiger partial charge in [-0.05, 0) is 30.7 Å². The molecule has 0 radical (unpaired) electrons. The van der Waals surface area contributed by atoms with Crippen molar-refractivity contribution in [1.29, 1.82) is 0 Å². The van der Waals surface area contributed by atoms with Crippen molar-refractivity contribution < 1.29 is 4.42 Å². The van der Waals surface area contributed by atoms with Crippen LogP contribution in [0.1, 0.15) is 24.6 Å². The van der Waals surface area contributed by atoms with Crippen LogP contribution in [0.15, 0.2) is 39.2 Å². The van der Waals surface area contributed by atoms with Crippen LogP contribution in [0.3, 0.4) is 0 Å². The largest absolute Gasteiger partial charge is 0.462 e. The second kappa shape index (κ2) is 7.90. The third kappa shape index (κ3) is 4.02. The Morgan fingerprint density at radius 1 is 1.21 bits per heavy atom. The van der Waals surface area contributed by atoms with Crippen LogP contribution < -0.4 is 5.73 Å². The first-order valence-corrected chi connectivity index (χ1v) is 10.1. The molecule has 7 heteroatoms. The molecule has 126 valence electrons. The summed E-state index contributed by atoms with van der Waals surface area (Å²) in [5.41, 5.74) is 8.99. The average molecular weight is 361 g/mol. The summed E-state index contributed by atoms with van der Waals surface area (Å²) in [5, 5.41) is 2.79. The third-order valence-electron chi connectivity index (χ3n) is 3.62. The van der Waals surface area contributed by atoms with Gasteiger partial charge >= 0.3 is 0 Å². The lowest BCUT2D eigenvalue weighted by Gasteiger charge is -2.04. The van der Waals surface area contributed by atoms with Crippen molar-refractivity contribution in [2.75, 3.05) is 17.7 Å². The van der Waals surface area contributed by atoms with Crippen molar-refractivity contribution in [3.8, 4) is 0 Å². The molecule has 24 heavy (non-hydrogen) atoms. The number of aromatic nitrogens is 3. The van der Waals surface area contributed by atoms with Gasteiger partial charge in [0.15, 0.2) is 10.7 Å². The molecule has 3 rings (SSSR count). The molecule has 0 saturated carbocycles. The zero-order valence-electron chi connectivity index (χ0n) is 13.8. The number of nitrogens with zero attached hydrogens (tertiary/aromatic N) is 3. The molecule has 3 heterocycles. The predicted molar refractivity (Wildman–Crippen MR) is 101 cm³/mol. The average Bonchev–Trinajstić information content (AvgIpc) is 2.97. The number of hydrogen-bond acceptors (Lipinski definition) is 7. The Hall–Kier alpha value is -1.73. The minimum Gasteiger partial charge on any atom is -0.462 e. The topological polar surface area (TPSA) is 77.8 Å². The minimum atomic E-state index is 0.513. The number of hydrogen-bond donors (Lipinski definition) is 1. The number of anilines is 1. The molecule has 0 bridgehead atoms. The molecule has 3 aromatic rings. The molecule has 5 nitrogen and oxygen atoms in total. The number of fused-ring (bicyclic) bond motifs is 1. The minimum absolute atomic E-state index is 0.513. The van der Waals surface area contributed by atoms with Crippen LogP contribution in [0.25, 0.3) is 11.0 Å². The van der Waals surface area contributed by atoms with Crippen LogP contribution in [-0.4, -0.2) is 27.0 Å². The second-order valence-electron chi connectivity index (χ2n) is 5.40. The van der Waals surface area contributed by atoms with Crippen molar-refractivity contribution in [3.63, 3.8) is 0 Å². The van der Waals surface area contributed by atoms with Gasteiger partial charge in [0, 0.05) is 22.9 Å². The highest BCUT2D eigenvalue weighted by molar-refractivity contribution is 7.99. The molecular weight excluding hydrogens is 340 g/mol. The molecule has 0 spiro atoms. The van der Waals surface area contributed by atoms with Crippen LogP contribution in [0, 0.1) is 0 Å². The number of thioether (sulfide) groups is 2. The van der Waals surface area contributed by atoms with Crippen LogP contribution in [0.2, 0.25) is 0 Å². The van der Waals surface area contributed by atoms with Gasteiger partial charge in [-0.25, -0.2) is 9.97 Å². The molecule has 0 atom stereocenters. The summed E-state index contributed by atoms with van der Waals surface area (Å²) in [6, 6.07) is 3.93. The smallest absolute Gasteiger partial charge is 0.190 e. The zero-order valence-corrected chi connectivity index (χ0v) is 15.4. The van der Waals surface area contributed by atoms with Crippen molar-refractivity contribution in [2.24, 2.45) is 0 Å². The summed E-state index contributed by atoms with van der Waals surface area (Å²) >= 11 is 3.17. The standard InChI is InChI=1S/C17H20N4OS2/c1-3-4-11-10-22-14-9-19-12(7-13(11)14)5-6-24-17-20-15(18)8-16(21-17)23-2/h7-10H,3-6H2,1-2H3,(H2,18,20,21). The molecule has 3 aromatic heterocycles. The van der Waals surface area contributed by atoms with Crippen molar-refractivity contribution in [3.05, 3.63) is 35.9 Å². The van der Waals surface area contributed by atoms with E-state index in [1.54, 1.807) is 29.6 Å². The molecule has 0 aromatic carbocycles. The maximum Gasteiger partial charge on any atom is 0.190 e. The van der Waals surface area contributed by atoms with E-state index < -0.39 is 0 Å². The lowest BCUT2D eigenvalue weighted by molar-refractivity contribution is 0.608. The highest BCUT2D eigenvalue weighted by Crippen LogP contribution is 2.24. The van der Waals surface area contributed by atoms with E-state index in [-0.39, 0.29) is 0 Å². The number of aryl methyl sites for hydroxylation is 2. The maximum absolute atomic E-state index is 5.81. The Labute approximate surface area is 149 Å². The summed E-state index contributed by atoms with van der Waals surface area (Å²) in [6.07, 6.45) is 8.63. The van der Waals surface area contributed by atoms with Crippen molar-refractivity contribution in [2.45, 2.75) is 36.4 Å². The summed E-state index contributed by atoms with van der Waals surface area (Å²) in [4.78, 5) is 13.2. The van der Waals surface area contributed by atoms with E-state index in [1.165, 1.54) is 10.9 Å². The number of nitrogens with two attached hydrogens (primary N) is 1. The fourth-order valence-corrected chi connectivity index (χ4v) is 3.77. The van der Waals surface area contributed by atoms with E-state index in [9.17, 15) is 0 Å². The Bertz CT molecular complexity index is 835. The summed E-state index contributed by atoms with van der Waals surface area (Å²) in [5.74, 6) is 1.37. The van der Waals surface area contributed by atoms with Crippen LogP contribution in [0.5, 0.6) is 0 Å². The van der Waals surface area contributed by atoms with Gasteiger partial charge in [0.05, 0.1) is 12.5 Å². The molecular formula is C17H20N4OS2. The summed E-state index contributed by atoms with van der Waals surface area (Å²) in [6.45, 7) is 2.17. The van der Waals surface area contributed by atoms with Gasteiger partial charge in [-0.15, -0.1) is 11.8 Å². The molecule has 2 N–H and O–H groups in total. The first kappa shape index (κ1) is 17.1. The number of nitrogen functional groups attached to an aromatic ring is 1. The second-order valence-corrected chi connectivity index (χ2v) is 7.29. The Morgan fingerprint density at radius 3 is 2.88 bits per heavy atom. The molecule has 0 aliphatic carbocycles. The molecule has 0 aliphatic heterocycles. The highest BCUT2D eigenvalue weighted by Gasteiger charge is 2.08. The predicted octanol–water partition coefficient (Wildman–Crippen LogP) is 4.21. The van der Waals surface area contributed by atoms with E-state index in [0.29, 0.717) is 5.82 Å². The first-order chi connectivity index (χ1) is 11.7. The monoisotopic (exact) mass is 360 g/mol. The van der Waals surface area contributed by atoms with Gasteiger partial charge < -0.3 is 10.2 Å². The fourth-order valence-electron chi connectivity index (χ4n) is 2.47. The van der Waals surface area contributed by atoms with Gasteiger partial charge in [-0.3, -0.25) is 4.98 Å². The molecule has 0 fully saturated rings. The van der Waals surface area contributed by atoms with Crippen LogP contribution in [0.4, 0.5) is 5.82 Å². The van der Waals surface area contributed by atoms with Gasteiger partial charge in [-0.1, -0.05) is 25.1 Å². The van der Waals surface area contributed by atoms with Gasteiger partial charge in [0.1, 0.15) is 10.8 Å². The normalized spacial score (nSPS) is 11.2. The van der Waals surface area contributed by atoms with Gasteiger partial charge in [-0.2, -0.15) is 0 Å². The molecule has 0 aliphatic rings. The Balaban J connectivity index is 1.67. The zero-order chi connectivity index (χ0) is 16.9. The third-order valence-corrected chi connectivity index (χ3v) is 5.09. The lowest BCUT2D eigenvalue weighted by atomic mass is 10.1. The van der Waals surface area contributed by atoms with E-state index >= 15 is 0 Å². The van der Waals surface area contributed by atoms with Crippen LogP contribution in [-0.2, 0) is 12.8 Å². The quantitative estimate of drug-likeness (QED) is 0.384. The lowest BCUT2D eigenvalue weighted by Crippen LogP contribution is -1.98. The van der Waals surface area contributed by atoms with E-state index in [0.717, 1.165) is 46.5 Å². The first-order valence-electron chi connectivity index (χ1n) is 7.86. The number of rotatable bonds is 7. The summed E-state index contributed by atoms with van der Waals surface area (Å²) < 4.78 is 5.57. The fraction of sp³-hybridized carbons (Fsp3) is 0.353. The molecule has 0 unspecified atom stereocenters. The highest BCUT2D eigenvalue weighted by atomic mass is 32.2. The van der Waals surface area contributed by atoms with E-state index in [1.807, 2.05) is 18.7 Å². The SMILES string of the molecule is CCCc1coc2cnc(CCSc3nc(N)cc(SC)n3)cc12. The molecule has 0 saturated heterocycles. The number of furan rings is 1. The van der Waals surface area contributed by atoms with Crippen LogP contribution >= 0.6 is 23.5 Å². The van der Waals surface area contributed by atoms with Gasteiger partial charge in [0.2, 0.25) is 0 Å². The van der Waals surface area contributed by atoms with Crippen molar-refractivity contribution >= 4 is 40.3 Å². The van der Waals surface area contributed by atoms with Gasteiger partial charge in [0.25, 0.3) is 0 Å². The Morgan fingerprint density at radius 2 is 2.08 bits per heavy atom.